The summed E-state index contributed by atoms with van der Waals surface area (Å²) in [7, 11) is -2.19. The molecule has 3 rings (SSSR count). The molecule has 2 aromatic carbocycles. The van der Waals surface area contributed by atoms with Gasteiger partial charge in [0.25, 0.3) is 10.0 Å². The summed E-state index contributed by atoms with van der Waals surface area (Å²) < 4.78 is 64.8. The number of rotatable bonds is 9. The van der Waals surface area contributed by atoms with Gasteiger partial charge in [-0.05, 0) is 42.8 Å². The van der Waals surface area contributed by atoms with Crippen molar-refractivity contribution in [3.63, 3.8) is 0 Å². The molecule has 0 aliphatic rings. The lowest BCUT2D eigenvalue weighted by Gasteiger charge is -2.20. The molecule has 0 saturated heterocycles. The van der Waals surface area contributed by atoms with Crippen LogP contribution in [0.4, 0.5) is 24.7 Å². The van der Waals surface area contributed by atoms with E-state index in [1.807, 2.05) is 37.3 Å². The molecule has 0 radical (unpaired) electrons. The number of benzene rings is 2. The largest absolute Gasteiger partial charge is 0.494 e. The number of aromatic nitrogens is 1. The molecular formula is C24H24F3N3O7S. The lowest BCUT2D eigenvalue weighted by atomic mass is 10.2. The van der Waals surface area contributed by atoms with Crippen molar-refractivity contribution >= 4 is 33.5 Å². The number of halogens is 3. The number of sulfonamides is 1. The zero-order chi connectivity index (χ0) is 28.5. The fourth-order valence-electron chi connectivity index (χ4n) is 3.00. The van der Waals surface area contributed by atoms with Crippen LogP contribution >= 0.6 is 0 Å². The Morgan fingerprint density at radius 3 is 2.13 bits per heavy atom. The van der Waals surface area contributed by atoms with Gasteiger partial charge in [0.05, 0.1) is 23.4 Å². The number of alkyl halides is 3. The third-order valence-electron chi connectivity index (χ3n) is 4.66. The highest BCUT2D eigenvalue weighted by Gasteiger charge is 2.38. The molecule has 0 amide bonds. The van der Waals surface area contributed by atoms with E-state index in [1.165, 1.54) is 24.4 Å². The molecule has 3 aromatic rings. The second kappa shape index (κ2) is 12.8. The predicted molar refractivity (Wildman–Crippen MR) is 132 cm³/mol. The van der Waals surface area contributed by atoms with Crippen LogP contribution in [-0.4, -0.2) is 55.4 Å². The van der Waals surface area contributed by atoms with Crippen LogP contribution in [0.15, 0.2) is 71.8 Å². The molecule has 0 fully saturated rings. The van der Waals surface area contributed by atoms with E-state index in [9.17, 15) is 31.5 Å². The van der Waals surface area contributed by atoms with Gasteiger partial charge in [-0.25, -0.2) is 23.0 Å². The van der Waals surface area contributed by atoms with Gasteiger partial charge >= 0.3 is 18.1 Å². The van der Waals surface area contributed by atoms with E-state index in [1.54, 1.807) is 24.1 Å². The van der Waals surface area contributed by atoms with Crippen molar-refractivity contribution in [3.05, 3.63) is 78.0 Å². The van der Waals surface area contributed by atoms with Gasteiger partial charge < -0.3 is 19.8 Å². The minimum atomic E-state index is -5.08. The van der Waals surface area contributed by atoms with E-state index in [0.717, 1.165) is 5.56 Å². The number of carboxylic acids is 2. The maximum absolute atomic E-state index is 12.7. The summed E-state index contributed by atoms with van der Waals surface area (Å²) in [6.45, 7) is 2.75. The fraction of sp³-hybridized carbons (Fsp3) is 0.208. The molecule has 0 atom stereocenters. The number of nitrogens with zero attached hydrogens (tertiary/aromatic N) is 2. The van der Waals surface area contributed by atoms with Crippen LogP contribution in [0, 0.1) is 0 Å². The molecule has 0 aliphatic heterocycles. The molecule has 0 unspecified atom stereocenters. The normalized spacial score (nSPS) is 11.1. The first kappa shape index (κ1) is 29.9. The monoisotopic (exact) mass is 555 g/mol. The van der Waals surface area contributed by atoms with Crippen molar-refractivity contribution in [1.82, 2.24) is 4.98 Å². The smallest absolute Gasteiger partial charge is 0.490 e. The molecule has 1 aromatic heterocycles. The molecule has 0 bridgehead atoms. The maximum atomic E-state index is 12.7. The Morgan fingerprint density at radius 1 is 1.05 bits per heavy atom. The molecule has 10 nitrogen and oxygen atoms in total. The van der Waals surface area contributed by atoms with Gasteiger partial charge in [0, 0.05) is 13.6 Å². The number of aromatic carboxylic acids is 1. The highest BCUT2D eigenvalue weighted by atomic mass is 32.2. The summed E-state index contributed by atoms with van der Waals surface area (Å²) in [5.41, 5.74) is 0.942. The lowest BCUT2D eigenvalue weighted by molar-refractivity contribution is -0.192. The molecular weight excluding hydrogens is 531 g/mol. The van der Waals surface area contributed by atoms with Crippen LogP contribution in [0.1, 0.15) is 22.8 Å². The summed E-state index contributed by atoms with van der Waals surface area (Å²) in [5, 5.41) is 16.8. The molecule has 3 N–H and O–H groups in total. The number of ether oxygens (including phenoxy) is 1. The highest BCUT2D eigenvalue weighted by molar-refractivity contribution is 7.92. The SMILES string of the molecule is CCOc1ccc(S(=O)(=O)Nc2cnc(N(C)Cc3ccccc3)c(C(=O)O)c2)cc1.O=C(O)C(F)(F)F. The molecule has 0 saturated carbocycles. The van der Waals surface area contributed by atoms with E-state index < -0.39 is 28.1 Å². The number of carbonyl (C=O) groups is 2. The Hall–Kier alpha value is -4.33. The first-order valence-corrected chi connectivity index (χ1v) is 12.3. The first-order valence-electron chi connectivity index (χ1n) is 10.8. The molecule has 0 spiro atoms. The van der Waals surface area contributed by atoms with Crippen molar-refractivity contribution in [2.45, 2.75) is 24.5 Å². The average molecular weight is 556 g/mol. The standard InChI is InChI=1S/C22H23N3O5S.C2HF3O2/c1-3-30-18-9-11-19(12-10-18)31(28,29)24-17-13-20(22(26)27)21(23-14-17)25(2)15-16-7-5-4-6-8-16;3-2(4,5)1(6)7/h4-14,24H,3,15H2,1-2H3,(H,26,27);(H,6,7). The van der Waals surface area contributed by atoms with Crippen molar-refractivity contribution in [2.75, 3.05) is 23.3 Å². The van der Waals surface area contributed by atoms with Gasteiger partial charge in [0.1, 0.15) is 17.1 Å². The van der Waals surface area contributed by atoms with E-state index in [-0.39, 0.29) is 22.0 Å². The van der Waals surface area contributed by atoms with E-state index >= 15 is 0 Å². The number of carboxylic acid groups (broad SMARTS) is 2. The van der Waals surface area contributed by atoms with Crippen molar-refractivity contribution in [2.24, 2.45) is 0 Å². The Morgan fingerprint density at radius 2 is 1.63 bits per heavy atom. The fourth-order valence-corrected chi connectivity index (χ4v) is 4.04. The minimum absolute atomic E-state index is 0.0260. The molecule has 0 aliphatic carbocycles. The predicted octanol–water partition coefficient (Wildman–Crippen LogP) is 4.25. The topological polar surface area (TPSA) is 146 Å². The second-order valence-corrected chi connectivity index (χ2v) is 9.24. The third-order valence-corrected chi connectivity index (χ3v) is 6.06. The zero-order valence-electron chi connectivity index (χ0n) is 20.1. The molecule has 204 valence electrons. The van der Waals surface area contributed by atoms with Gasteiger partial charge in [-0.2, -0.15) is 13.2 Å². The van der Waals surface area contributed by atoms with Crippen LogP contribution in [0.5, 0.6) is 5.75 Å². The van der Waals surface area contributed by atoms with E-state index in [4.69, 9.17) is 14.6 Å². The number of hydrogen-bond donors (Lipinski definition) is 3. The number of nitrogens with one attached hydrogen (secondary N) is 1. The summed E-state index contributed by atoms with van der Waals surface area (Å²) in [4.78, 5) is 26.6. The van der Waals surface area contributed by atoms with E-state index in [0.29, 0.717) is 18.9 Å². The minimum Gasteiger partial charge on any atom is -0.494 e. The van der Waals surface area contributed by atoms with Crippen LogP contribution in [0.25, 0.3) is 0 Å². The summed E-state index contributed by atoms with van der Waals surface area (Å²) in [6.07, 6.45) is -3.78. The van der Waals surface area contributed by atoms with Gasteiger partial charge in [-0.15, -0.1) is 0 Å². The van der Waals surface area contributed by atoms with Crippen LogP contribution in [0.3, 0.4) is 0 Å². The summed E-state index contributed by atoms with van der Waals surface area (Å²) in [5.74, 6) is -3.17. The molecule has 1 heterocycles. The first-order chi connectivity index (χ1) is 17.7. The van der Waals surface area contributed by atoms with Gasteiger partial charge in [0.15, 0.2) is 0 Å². The highest BCUT2D eigenvalue weighted by Crippen LogP contribution is 2.25. The Bertz CT molecular complexity index is 1350. The average Bonchev–Trinajstić information content (AvgIpc) is 2.84. The van der Waals surface area contributed by atoms with Crippen molar-refractivity contribution < 1.29 is 46.1 Å². The summed E-state index contributed by atoms with van der Waals surface area (Å²) in [6, 6.07) is 16.8. The van der Waals surface area contributed by atoms with Crippen molar-refractivity contribution in [1.29, 1.82) is 0 Å². The van der Waals surface area contributed by atoms with Gasteiger partial charge in [0.2, 0.25) is 0 Å². The number of aliphatic carboxylic acids is 1. The van der Waals surface area contributed by atoms with Crippen LogP contribution in [-0.2, 0) is 21.4 Å². The molecule has 14 heteroatoms. The Balaban J connectivity index is 0.000000638. The van der Waals surface area contributed by atoms with Gasteiger partial charge in [-0.3, -0.25) is 4.72 Å². The van der Waals surface area contributed by atoms with Crippen LogP contribution < -0.4 is 14.4 Å². The Kier molecular flexibility index (Phi) is 10.0. The number of hydrogen-bond acceptors (Lipinski definition) is 7. The van der Waals surface area contributed by atoms with Gasteiger partial charge in [-0.1, -0.05) is 30.3 Å². The van der Waals surface area contributed by atoms with E-state index in [2.05, 4.69) is 9.71 Å². The second-order valence-electron chi connectivity index (χ2n) is 7.55. The Labute approximate surface area is 216 Å². The number of anilines is 2. The number of pyridine rings is 1. The lowest BCUT2D eigenvalue weighted by Crippen LogP contribution is -2.21. The maximum Gasteiger partial charge on any atom is 0.490 e. The third kappa shape index (κ3) is 8.65. The van der Waals surface area contributed by atoms with Crippen LogP contribution in [0.2, 0.25) is 0 Å². The zero-order valence-corrected chi connectivity index (χ0v) is 21.0. The quantitative estimate of drug-likeness (QED) is 0.353. The summed E-state index contributed by atoms with van der Waals surface area (Å²) >= 11 is 0. The molecule has 38 heavy (non-hydrogen) atoms. The van der Waals surface area contributed by atoms with Crippen molar-refractivity contribution in [3.8, 4) is 5.75 Å².